The molecule has 72 valence electrons. The first kappa shape index (κ1) is 9.98. The number of hydrogen-bond acceptors (Lipinski definition) is 5. The molecule has 0 amide bonds. The molecule has 5 heteroatoms. The third kappa shape index (κ3) is 3.02. The summed E-state index contributed by atoms with van der Waals surface area (Å²) in [5.74, 6) is -0.307. The van der Waals surface area contributed by atoms with Crippen LogP contribution in [0.5, 0.6) is 5.88 Å². The Morgan fingerprint density at radius 3 is 2.92 bits per heavy atom. The molecule has 1 aromatic heterocycles. The number of ether oxygens (including phenoxy) is 1. The van der Waals surface area contributed by atoms with Crippen LogP contribution in [-0.4, -0.2) is 22.7 Å². The molecule has 4 nitrogen and oxygen atoms in total. The summed E-state index contributed by atoms with van der Waals surface area (Å²) in [6, 6.07) is 0. The quantitative estimate of drug-likeness (QED) is 0.755. The lowest BCUT2D eigenvalue weighted by Crippen LogP contribution is -2.09. The fourth-order valence-electron chi connectivity index (χ4n) is 0.663. The van der Waals surface area contributed by atoms with Crippen molar-refractivity contribution in [2.75, 3.05) is 6.61 Å². The van der Waals surface area contributed by atoms with Crippen LogP contribution < -0.4 is 0 Å². The van der Waals surface area contributed by atoms with Crippen LogP contribution in [0.15, 0.2) is 5.38 Å². The summed E-state index contributed by atoms with van der Waals surface area (Å²) in [4.78, 5) is 14.8. The first-order valence-corrected chi connectivity index (χ1v) is 4.79. The van der Waals surface area contributed by atoms with E-state index >= 15 is 0 Å². The fourth-order valence-corrected chi connectivity index (χ4v) is 1.23. The third-order valence-electron chi connectivity index (χ3n) is 1.21. The van der Waals surface area contributed by atoms with Crippen molar-refractivity contribution in [3.63, 3.8) is 0 Å². The molecule has 0 aromatic carbocycles. The van der Waals surface area contributed by atoms with Gasteiger partial charge in [0.1, 0.15) is 0 Å². The van der Waals surface area contributed by atoms with Crippen LogP contribution in [-0.2, 0) is 4.74 Å². The van der Waals surface area contributed by atoms with E-state index < -0.39 is 5.97 Å². The van der Waals surface area contributed by atoms with E-state index in [9.17, 15) is 4.79 Å². The Morgan fingerprint density at radius 2 is 2.46 bits per heavy atom. The second kappa shape index (κ2) is 4.23. The average Bonchev–Trinajstić information content (AvgIpc) is 2.47. The van der Waals surface area contributed by atoms with Gasteiger partial charge in [-0.05, 0) is 5.92 Å². The molecule has 0 fully saturated rings. The van der Waals surface area contributed by atoms with Crippen LogP contribution in [0.3, 0.4) is 0 Å². The monoisotopic (exact) mass is 201 g/mol. The van der Waals surface area contributed by atoms with Crippen LogP contribution in [0.1, 0.15) is 23.6 Å². The summed E-state index contributed by atoms with van der Waals surface area (Å²) in [6.45, 7) is 4.28. The molecule has 0 bridgehead atoms. The first-order valence-electron chi connectivity index (χ1n) is 3.91. The fraction of sp³-hybridized carbons (Fsp3) is 0.500. The maximum absolute atomic E-state index is 11.2. The smallest absolute Gasteiger partial charge is 0.367 e. The van der Waals surface area contributed by atoms with Gasteiger partial charge in [0.05, 0.1) is 12.0 Å². The first-order chi connectivity index (χ1) is 6.09. The minimum atomic E-state index is -0.473. The summed E-state index contributed by atoms with van der Waals surface area (Å²) >= 11 is 1.07. The third-order valence-corrected chi connectivity index (χ3v) is 2.02. The summed E-state index contributed by atoms with van der Waals surface area (Å²) in [5.41, 5.74) is 0. The van der Waals surface area contributed by atoms with Crippen LogP contribution in [0.25, 0.3) is 0 Å². The van der Waals surface area contributed by atoms with Crippen LogP contribution in [0.4, 0.5) is 0 Å². The van der Waals surface area contributed by atoms with Gasteiger partial charge in [0.15, 0.2) is 0 Å². The summed E-state index contributed by atoms with van der Waals surface area (Å²) < 4.78 is 4.90. The van der Waals surface area contributed by atoms with Gasteiger partial charge >= 0.3 is 5.97 Å². The molecule has 1 rings (SSSR count). The molecule has 0 unspecified atom stereocenters. The molecule has 0 saturated heterocycles. The van der Waals surface area contributed by atoms with Crippen molar-refractivity contribution in [2.24, 2.45) is 5.92 Å². The van der Waals surface area contributed by atoms with Crippen LogP contribution in [0, 0.1) is 5.92 Å². The van der Waals surface area contributed by atoms with Crippen molar-refractivity contribution < 1.29 is 14.6 Å². The number of rotatable bonds is 3. The maximum atomic E-state index is 11.2. The Kier molecular flexibility index (Phi) is 3.25. The molecule has 0 saturated carbocycles. The largest absolute Gasteiger partial charge is 0.493 e. The number of hydrogen-bond donors (Lipinski definition) is 1. The lowest BCUT2D eigenvalue weighted by molar-refractivity contribution is 0.0458. The average molecular weight is 201 g/mol. The maximum Gasteiger partial charge on any atom is 0.367 e. The number of carbonyl (C=O) groups excluding carboxylic acids is 1. The molecule has 13 heavy (non-hydrogen) atoms. The van der Waals surface area contributed by atoms with Gasteiger partial charge < -0.3 is 9.84 Å². The SMILES string of the molecule is CC(C)COC(=O)c1nc(O)cs1. The van der Waals surface area contributed by atoms with Crippen LogP contribution in [0.2, 0.25) is 0 Å². The second-order valence-corrected chi connectivity index (χ2v) is 3.86. The Hall–Kier alpha value is -1.10. The van der Waals surface area contributed by atoms with E-state index in [-0.39, 0.29) is 10.9 Å². The van der Waals surface area contributed by atoms with Crippen molar-refractivity contribution in [3.8, 4) is 5.88 Å². The Morgan fingerprint density at radius 1 is 1.77 bits per heavy atom. The number of esters is 1. The second-order valence-electron chi connectivity index (χ2n) is 3.00. The Bertz CT molecular complexity index is 295. The molecule has 0 radical (unpaired) electrons. The zero-order valence-corrected chi connectivity index (χ0v) is 8.30. The minimum absolute atomic E-state index is 0.138. The van der Waals surface area contributed by atoms with Gasteiger partial charge in [-0.25, -0.2) is 4.79 Å². The van der Waals surface area contributed by atoms with Gasteiger partial charge in [-0.2, -0.15) is 4.98 Å². The van der Waals surface area contributed by atoms with E-state index in [1.165, 1.54) is 5.38 Å². The number of aromatic nitrogens is 1. The van der Waals surface area contributed by atoms with Crippen molar-refractivity contribution in [3.05, 3.63) is 10.4 Å². The molecule has 0 aliphatic carbocycles. The Labute approximate surface area is 80.2 Å². The van der Waals surface area contributed by atoms with E-state index in [0.29, 0.717) is 12.5 Å². The van der Waals surface area contributed by atoms with E-state index in [2.05, 4.69) is 4.98 Å². The molecule has 1 aromatic rings. The van der Waals surface area contributed by atoms with E-state index in [1.54, 1.807) is 0 Å². The normalized spacial score (nSPS) is 10.4. The predicted octanol–water partition coefficient (Wildman–Crippen LogP) is 1.66. The molecule has 1 heterocycles. The predicted molar refractivity (Wildman–Crippen MR) is 48.9 cm³/mol. The van der Waals surface area contributed by atoms with Crippen molar-refractivity contribution in [1.29, 1.82) is 0 Å². The van der Waals surface area contributed by atoms with E-state index in [0.717, 1.165) is 11.3 Å². The number of aromatic hydroxyl groups is 1. The van der Waals surface area contributed by atoms with Gasteiger partial charge in [0, 0.05) is 0 Å². The highest BCUT2D eigenvalue weighted by atomic mass is 32.1. The highest BCUT2D eigenvalue weighted by Gasteiger charge is 2.12. The van der Waals surface area contributed by atoms with Crippen molar-refractivity contribution >= 4 is 17.3 Å². The molecule has 0 aliphatic rings. The highest BCUT2D eigenvalue weighted by molar-refractivity contribution is 7.11. The molecule has 1 N–H and O–H groups in total. The number of nitrogens with zero attached hydrogens (tertiary/aromatic N) is 1. The lowest BCUT2D eigenvalue weighted by atomic mass is 10.2. The van der Waals surface area contributed by atoms with Crippen molar-refractivity contribution in [1.82, 2.24) is 4.98 Å². The van der Waals surface area contributed by atoms with Gasteiger partial charge in [0.2, 0.25) is 10.9 Å². The Balaban J connectivity index is 2.49. The molecule has 0 atom stereocenters. The zero-order valence-electron chi connectivity index (χ0n) is 7.48. The summed E-state index contributed by atoms with van der Waals surface area (Å²) in [5, 5.41) is 10.5. The summed E-state index contributed by atoms with van der Waals surface area (Å²) in [6.07, 6.45) is 0. The van der Waals surface area contributed by atoms with E-state index in [4.69, 9.17) is 9.84 Å². The van der Waals surface area contributed by atoms with Gasteiger partial charge in [0.25, 0.3) is 0 Å². The van der Waals surface area contributed by atoms with Gasteiger partial charge in [-0.1, -0.05) is 13.8 Å². The molecule has 0 aliphatic heterocycles. The molecule has 0 spiro atoms. The van der Waals surface area contributed by atoms with Crippen molar-refractivity contribution in [2.45, 2.75) is 13.8 Å². The van der Waals surface area contributed by atoms with Gasteiger partial charge in [-0.15, -0.1) is 11.3 Å². The lowest BCUT2D eigenvalue weighted by Gasteiger charge is -2.04. The topological polar surface area (TPSA) is 59.4 Å². The highest BCUT2D eigenvalue weighted by Crippen LogP contribution is 2.15. The summed E-state index contributed by atoms with van der Waals surface area (Å²) in [7, 11) is 0. The minimum Gasteiger partial charge on any atom is -0.493 e. The van der Waals surface area contributed by atoms with E-state index in [1.807, 2.05) is 13.8 Å². The molecular weight excluding hydrogens is 190 g/mol. The zero-order chi connectivity index (χ0) is 9.84. The standard InChI is InChI=1S/C8H11NO3S/c1-5(2)3-12-8(11)7-9-6(10)4-13-7/h4-5,10H,3H2,1-2H3. The van der Waals surface area contributed by atoms with Gasteiger partial charge in [-0.3, -0.25) is 0 Å². The molecular formula is C8H11NO3S. The van der Waals surface area contributed by atoms with Crippen LogP contribution >= 0.6 is 11.3 Å². The number of thiazole rings is 1. The number of carbonyl (C=O) groups is 1.